The summed E-state index contributed by atoms with van der Waals surface area (Å²) in [6.45, 7) is 4.71. The summed E-state index contributed by atoms with van der Waals surface area (Å²) in [5.74, 6) is -1.43. The van der Waals surface area contributed by atoms with Crippen molar-refractivity contribution in [2.75, 3.05) is 39.4 Å². The number of carbonyl (C=O) groups excluding carboxylic acids is 2. The fourth-order valence-corrected chi connectivity index (χ4v) is 2.16. The summed E-state index contributed by atoms with van der Waals surface area (Å²) < 4.78 is 5.27. The van der Waals surface area contributed by atoms with Crippen molar-refractivity contribution >= 4 is 18.0 Å². The van der Waals surface area contributed by atoms with Gasteiger partial charge in [0.15, 0.2) is 0 Å². The van der Waals surface area contributed by atoms with Crippen LogP contribution >= 0.6 is 0 Å². The zero-order valence-electron chi connectivity index (χ0n) is 13.0. The summed E-state index contributed by atoms with van der Waals surface area (Å²) in [7, 11) is 0. The van der Waals surface area contributed by atoms with Crippen LogP contribution in [0.3, 0.4) is 0 Å². The van der Waals surface area contributed by atoms with Crippen molar-refractivity contribution in [3.8, 4) is 0 Å². The second-order valence-corrected chi connectivity index (χ2v) is 5.17. The molecule has 1 heterocycles. The monoisotopic (exact) mass is 318 g/mol. The molecule has 7 nitrogen and oxygen atoms in total. The Morgan fingerprint density at radius 2 is 1.91 bits per heavy atom. The Balaban J connectivity index is 1.59. The van der Waals surface area contributed by atoms with Crippen molar-refractivity contribution in [3.63, 3.8) is 0 Å². The number of ether oxygens (including phenoxy) is 1. The molecule has 0 unspecified atom stereocenters. The second kappa shape index (κ2) is 9.70. The fraction of sp³-hybridized carbons (Fsp3) is 0.438. The Hall–Kier alpha value is -2.25. The number of morpholine rings is 1. The molecule has 124 valence electrons. The first-order valence-electron chi connectivity index (χ1n) is 7.72. The minimum Gasteiger partial charge on any atom is -0.379 e. The topological polar surface area (TPSA) is 83.0 Å². The predicted molar refractivity (Wildman–Crippen MR) is 87.1 cm³/mol. The molecule has 1 fully saturated rings. The summed E-state index contributed by atoms with van der Waals surface area (Å²) in [6, 6.07) is 9.32. The number of nitrogens with one attached hydrogen (secondary N) is 2. The summed E-state index contributed by atoms with van der Waals surface area (Å²) in [5, 5.41) is 6.34. The van der Waals surface area contributed by atoms with E-state index >= 15 is 0 Å². The Bertz CT molecular complexity index is 527. The lowest BCUT2D eigenvalue weighted by atomic mass is 10.2. The third-order valence-electron chi connectivity index (χ3n) is 3.43. The zero-order chi connectivity index (χ0) is 16.3. The molecule has 0 atom stereocenters. The average molecular weight is 318 g/mol. The molecule has 0 spiro atoms. The lowest BCUT2D eigenvalue weighted by Crippen LogP contribution is -2.40. The smallest absolute Gasteiger partial charge is 0.329 e. The van der Waals surface area contributed by atoms with Gasteiger partial charge in [-0.25, -0.2) is 5.43 Å². The molecule has 7 heteroatoms. The first-order valence-corrected chi connectivity index (χ1v) is 7.72. The molecule has 2 amide bonds. The molecule has 23 heavy (non-hydrogen) atoms. The highest BCUT2D eigenvalue weighted by molar-refractivity contribution is 6.35. The van der Waals surface area contributed by atoms with Gasteiger partial charge in [-0.05, 0) is 18.5 Å². The van der Waals surface area contributed by atoms with E-state index in [4.69, 9.17) is 4.74 Å². The lowest BCUT2D eigenvalue weighted by molar-refractivity contribution is -0.139. The maximum absolute atomic E-state index is 11.6. The Labute approximate surface area is 135 Å². The highest BCUT2D eigenvalue weighted by Gasteiger charge is 2.13. The number of benzene rings is 1. The molecule has 0 radical (unpaired) electrons. The maximum Gasteiger partial charge on any atom is 0.329 e. The molecule has 2 rings (SSSR count). The van der Waals surface area contributed by atoms with Crippen LogP contribution in [0.4, 0.5) is 0 Å². The van der Waals surface area contributed by atoms with Crippen LogP contribution in [0.25, 0.3) is 0 Å². The van der Waals surface area contributed by atoms with Crippen LogP contribution in [0, 0.1) is 0 Å². The molecule has 0 bridgehead atoms. The van der Waals surface area contributed by atoms with Crippen molar-refractivity contribution in [1.29, 1.82) is 0 Å². The number of hydrogen-bond donors (Lipinski definition) is 2. The Morgan fingerprint density at radius 1 is 1.17 bits per heavy atom. The molecule has 1 aromatic carbocycles. The first kappa shape index (κ1) is 17.1. The average Bonchev–Trinajstić information content (AvgIpc) is 2.60. The van der Waals surface area contributed by atoms with Crippen LogP contribution in [0.5, 0.6) is 0 Å². The quantitative estimate of drug-likeness (QED) is 0.334. The van der Waals surface area contributed by atoms with E-state index in [1.807, 2.05) is 30.3 Å². The van der Waals surface area contributed by atoms with Crippen molar-refractivity contribution in [1.82, 2.24) is 15.6 Å². The SMILES string of the molecule is O=C(NCCCN1CCOCC1)C(=O)N/N=C\c1ccccc1. The van der Waals surface area contributed by atoms with E-state index in [0.29, 0.717) is 6.54 Å². The summed E-state index contributed by atoms with van der Waals surface area (Å²) in [4.78, 5) is 25.4. The lowest BCUT2D eigenvalue weighted by Gasteiger charge is -2.26. The zero-order valence-corrected chi connectivity index (χ0v) is 13.0. The second-order valence-electron chi connectivity index (χ2n) is 5.17. The van der Waals surface area contributed by atoms with Crippen LogP contribution in [-0.2, 0) is 14.3 Å². The van der Waals surface area contributed by atoms with Crippen molar-refractivity contribution in [2.45, 2.75) is 6.42 Å². The van der Waals surface area contributed by atoms with E-state index < -0.39 is 11.8 Å². The van der Waals surface area contributed by atoms with Crippen molar-refractivity contribution in [3.05, 3.63) is 35.9 Å². The molecule has 0 aromatic heterocycles. The molecular formula is C16H22N4O3. The van der Waals surface area contributed by atoms with Crippen molar-refractivity contribution < 1.29 is 14.3 Å². The van der Waals surface area contributed by atoms with E-state index in [9.17, 15) is 9.59 Å². The summed E-state index contributed by atoms with van der Waals surface area (Å²) in [6.07, 6.45) is 2.29. The van der Waals surface area contributed by atoms with Gasteiger partial charge in [-0.1, -0.05) is 30.3 Å². The highest BCUT2D eigenvalue weighted by Crippen LogP contribution is 1.97. The van der Waals surface area contributed by atoms with Gasteiger partial charge in [-0.15, -0.1) is 0 Å². The van der Waals surface area contributed by atoms with Gasteiger partial charge in [0, 0.05) is 19.6 Å². The van der Waals surface area contributed by atoms with Crippen LogP contribution < -0.4 is 10.7 Å². The maximum atomic E-state index is 11.6. The first-order chi connectivity index (χ1) is 11.3. The number of nitrogens with zero attached hydrogens (tertiary/aromatic N) is 2. The van der Waals surface area contributed by atoms with Gasteiger partial charge in [0.25, 0.3) is 0 Å². The predicted octanol–water partition coefficient (Wildman–Crippen LogP) is -0.0248. The summed E-state index contributed by atoms with van der Waals surface area (Å²) >= 11 is 0. The summed E-state index contributed by atoms with van der Waals surface area (Å²) in [5.41, 5.74) is 3.06. The standard InChI is InChI=1S/C16H22N4O3/c21-15(17-7-4-8-20-9-11-23-12-10-20)16(22)19-18-13-14-5-2-1-3-6-14/h1-3,5-6,13H,4,7-12H2,(H,17,21)(H,19,22)/b18-13-. The van der Waals surface area contributed by atoms with Gasteiger partial charge in [-0.2, -0.15) is 5.10 Å². The molecule has 2 N–H and O–H groups in total. The van der Waals surface area contributed by atoms with Crippen LogP contribution in [-0.4, -0.2) is 62.3 Å². The number of carbonyl (C=O) groups is 2. The van der Waals surface area contributed by atoms with Gasteiger partial charge in [-0.3, -0.25) is 14.5 Å². The van der Waals surface area contributed by atoms with Crippen LogP contribution in [0.2, 0.25) is 0 Å². The minimum atomic E-state index is -0.761. The van der Waals surface area contributed by atoms with Crippen LogP contribution in [0.1, 0.15) is 12.0 Å². The van der Waals surface area contributed by atoms with Gasteiger partial charge in [0.1, 0.15) is 0 Å². The molecule has 0 saturated carbocycles. The van der Waals surface area contributed by atoms with E-state index in [2.05, 4.69) is 20.7 Å². The number of rotatable bonds is 6. The highest BCUT2D eigenvalue weighted by atomic mass is 16.5. The molecule has 1 aromatic rings. The Morgan fingerprint density at radius 3 is 2.65 bits per heavy atom. The Kier molecular flexibility index (Phi) is 7.22. The van der Waals surface area contributed by atoms with Gasteiger partial charge < -0.3 is 10.1 Å². The fourth-order valence-electron chi connectivity index (χ4n) is 2.16. The third-order valence-corrected chi connectivity index (χ3v) is 3.43. The van der Waals surface area contributed by atoms with Gasteiger partial charge >= 0.3 is 11.8 Å². The van der Waals surface area contributed by atoms with Gasteiger partial charge in [0.2, 0.25) is 0 Å². The normalized spacial score (nSPS) is 15.5. The van der Waals surface area contributed by atoms with E-state index in [0.717, 1.165) is 44.8 Å². The van der Waals surface area contributed by atoms with Gasteiger partial charge in [0.05, 0.1) is 19.4 Å². The van der Waals surface area contributed by atoms with E-state index in [-0.39, 0.29) is 0 Å². The third kappa shape index (κ3) is 6.58. The molecular weight excluding hydrogens is 296 g/mol. The largest absolute Gasteiger partial charge is 0.379 e. The number of hydrazone groups is 1. The molecule has 0 aliphatic carbocycles. The molecule has 1 aliphatic rings. The minimum absolute atomic E-state index is 0.464. The number of amides is 2. The molecule has 1 saturated heterocycles. The van der Waals surface area contributed by atoms with E-state index in [1.54, 1.807) is 0 Å². The van der Waals surface area contributed by atoms with E-state index in [1.165, 1.54) is 6.21 Å². The molecule has 1 aliphatic heterocycles. The van der Waals surface area contributed by atoms with Crippen LogP contribution in [0.15, 0.2) is 35.4 Å². The number of hydrogen-bond acceptors (Lipinski definition) is 5. The van der Waals surface area contributed by atoms with Crippen molar-refractivity contribution in [2.24, 2.45) is 5.10 Å².